The summed E-state index contributed by atoms with van der Waals surface area (Å²) in [4.78, 5) is 25.6. The molecular formula is C15H20O3S. The maximum Gasteiger partial charge on any atom is 0.348 e. The standard InChI is InChI=1S/C15H20O3S/c1-15(2,3)13(16)9-18-14(17)12-8-10-6-4-5-7-11(10)19-12/h8H,4-7,9H2,1-3H3. The summed E-state index contributed by atoms with van der Waals surface area (Å²) in [7, 11) is 0. The number of rotatable bonds is 3. The number of carbonyl (C=O) groups is 2. The van der Waals surface area contributed by atoms with E-state index in [4.69, 9.17) is 4.74 Å². The first-order chi connectivity index (χ1) is 8.88. The Bertz CT molecular complexity index is 470. The normalized spacial score (nSPS) is 14.9. The number of ether oxygens (including phenoxy) is 1. The highest BCUT2D eigenvalue weighted by molar-refractivity contribution is 7.14. The van der Waals surface area contributed by atoms with Crippen LogP contribution in [0.25, 0.3) is 0 Å². The number of Topliss-reactive ketones (excluding diaryl/α,β-unsaturated/α-hetero) is 1. The van der Waals surface area contributed by atoms with Crippen molar-refractivity contribution in [1.82, 2.24) is 0 Å². The summed E-state index contributed by atoms with van der Waals surface area (Å²) in [6, 6.07) is 1.93. The molecule has 1 aliphatic rings. The van der Waals surface area contributed by atoms with E-state index in [2.05, 4.69) is 0 Å². The molecular weight excluding hydrogens is 260 g/mol. The van der Waals surface area contributed by atoms with Crippen LogP contribution in [0.4, 0.5) is 0 Å². The molecule has 0 unspecified atom stereocenters. The molecule has 0 N–H and O–H groups in total. The van der Waals surface area contributed by atoms with Crippen molar-refractivity contribution in [1.29, 1.82) is 0 Å². The van der Waals surface area contributed by atoms with E-state index in [1.54, 1.807) is 0 Å². The fraction of sp³-hybridized carbons (Fsp3) is 0.600. The number of esters is 1. The average Bonchev–Trinajstić information content (AvgIpc) is 2.78. The zero-order valence-electron chi connectivity index (χ0n) is 11.7. The van der Waals surface area contributed by atoms with Crippen molar-refractivity contribution in [2.75, 3.05) is 6.61 Å². The van der Waals surface area contributed by atoms with Crippen molar-refractivity contribution in [3.8, 4) is 0 Å². The first-order valence-corrected chi connectivity index (χ1v) is 7.51. The maximum atomic E-state index is 11.9. The number of fused-ring (bicyclic) bond motifs is 1. The summed E-state index contributed by atoms with van der Waals surface area (Å²) in [6.07, 6.45) is 4.51. The van der Waals surface area contributed by atoms with Gasteiger partial charge in [0.1, 0.15) is 4.88 Å². The van der Waals surface area contributed by atoms with Crippen LogP contribution in [0.3, 0.4) is 0 Å². The Balaban J connectivity index is 1.97. The largest absolute Gasteiger partial charge is 0.453 e. The van der Waals surface area contributed by atoms with E-state index in [0.29, 0.717) is 4.88 Å². The van der Waals surface area contributed by atoms with E-state index in [9.17, 15) is 9.59 Å². The highest BCUT2D eigenvalue weighted by Gasteiger charge is 2.24. The van der Waals surface area contributed by atoms with E-state index in [1.807, 2.05) is 26.8 Å². The van der Waals surface area contributed by atoms with Crippen LogP contribution in [0.2, 0.25) is 0 Å². The summed E-state index contributed by atoms with van der Waals surface area (Å²) < 4.78 is 5.12. The lowest BCUT2D eigenvalue weighted by molar-refractivity contribution is -0.129. The van der Waals surface area contributed by atoms with Crippen LogP contribution in [-0.4, -0.2) is 18.4 Å². The maximum absolute atomic E-state index is 11.9. The molecule has 1 aliphatic carbocycles. The van der Waals surface area contributed by atoms with Gasteiger partial charge >= 0.3 is 5.97 Å². The van der Waals surface area contributed by atoms with Gasteiger partial charge in [0.05, 0.1) is 0 Å². The Morgan fingerprint density at radius 3 is 2.58 bits per heavy atom. The Hall–Kier alpha value is -1.16. The van der Waals surface area contributed by atoms with E-state index in [-0.39, 0.29) is 18.4 Å². The number of hydrogen-bond donors (Lipinski definition) is 0. The van der Waals surface area contributed by atoms with Crippen molar-refractivity contribution in [2.24, 2.45) is 5.41 Å². The van der Waals surface area contributed by atoms with Gasteiger partial charge in [-0.2, -0.15) is 0 Å². The molecule has 0 radical (unpaired) electrons. The van der Waals surface area contributed by atoms with Gasteiger partial charge in [-0.1, -0.05) is 20.8 Å². The van der Waals surface area contributed by atoms with E-state index < -0.39 is 5.41 Å². The van der Waals surface area contributed by atoms with Crippen LogP contribution in [0.1, 0.15) is 53.7 Å². The lowest BCUT2D eigenvalue weighted by Gasteiger charge is -2.15. The zero-order valence-corrected chi connectivity index (χ0v) is 12.6. The lowest BCUT2D eigenvalue weighted by Crippen LogP contribution is -2.26. The summed E-state index contributed by atoms with van der Waals surface area (Å²) in [5.74, 6) is -0.417. The predicted octanol–water partition coefficient (Wildman–Crippen LogP) is 3.40. The summed E-state index contributed by atoms with van der Waals surface area (Å²) in [5.41, 5.74) is 0.819. The van der Waals surface area contributed by atoms with E-state index >= 15 is 0 Å². The minimum Gasteiger partial charge on any atom is -0.453 e. The van der Waals surface area contributed by atoms with Gasteiger partial charge in [-0.15, -0.1) is 11.3 Å². The van der Waals surface area contributed by atoms with Gasteiger partial charge in [0.2, 0.25) is 0 Å². The average molecular weight is 280 g/mol. The molecule has 4 heteroatoms. The summed E-state index contributed by atoms with van der Waals surface area (Å²) >= 11 is 1.52. The van der Waals surface area contributed by atoms with Crippen molar-refractivity contribution < 1.29 is 14.3 Å². The lowest BCUT2D eigenvalue weighted by atomic mass is 9.91. The first kappa shape index (κ1) is 14.3. The van der Waals surface area contributed by atoms with E-state index in [0.717, 1.165) is 12.8 Å². The number of aryl methyl sites for hydroxylation is 2. The Kier molecular flexibility index (Phi) is 4.09. The Morgan fingerprint density at radius 1 is 1.26 bits per heavy atom. The topological polar surface area (TPSA) is 43.4 Å². The van der Waals surface area contributed by atoms with Gasteiger partial charge < -0.3 is 4.74 Å². The molecule has 0 aliphatic heterocycles. The molecule has 1 aromatic heterocycles. The Morgan fingerprint density at radius 2 is 1.95 bits per heavy atom. The molecule has 19 heavy (non-hydrogen) atoms. The van der Waals surface area contributed by atoms with Gasteiger partial charge in [-0.25, -0.2) is 4.79 Å². The predicted molar refractivity (Wildman–Crippen MR) is 75.7 cm³/mol. The van der Waals surface area contributed by atoms with Gasteiger partial charge in [0.15, 0.2) is 12.4 Å². The molecule has 0 bridgehead atoms. The molecule has 0 amide bonds. The third kappa shape index (κ3) is 3.44. The summed E-state index contributed by atoms with van der Waals surface area (Å²) in [6.45, 7) is 5.35. The minimum absolute atomic E-state index is 0.0535. The second kappa shape index (κ2) is 5.45. The highest BCUT2D eigenvalue weighted by Crippen LogP contribution is 2.30. The monoisotopic (exact) mass is 280 g/mol. The molecule has 3 nitrogen and oxygen atoms in total. The fourth-order valence-electron chi connectivity index (χ4n) is 2.01. The van der Waals surface area contributed by atoms with Crippen LogP contribution < -0.4 is 0 Å². The Labute approximate surface area is 118 Å². The van der Waals surface area contributed by atoms with Crippen molar-refractivity contribution in [2.45, 2.75) is 46.5 Å². The van der Waals surface area contributed by atoms with Crippen LogP contribution in [0.15, 0.2) is 6.07 Å². The molecule has 1 heterocycles. The van der Waals surface area contributed by atoms with Crippen LogP contribution in [0, 0.1) is 5.41 Å². The minimum atomic E-state index is -0.463. The molecule has 0 aromatic carbocycles. The van der Waals surface area contributed by atoms with Gasteiger partial charge in [0, 0.05) is 10.3 Å². The highest BCUT2D eigenvalue weighted by atomic mass is 32.1. The molecule has 0 saturated carbocycles. The van der Waals surface area contributed by atoms with Gasteiger partial charge in [0.25, 0.3) is 0 Å². The third-order valence-electron chi connectivity index (χ3n) is 3.37. The SMILES string of the molecule is CC(C)(C)C(=O)COC(=O)c1cc2c(s1)CCCC2. The summed E-state index contributed by atoms with van der Waals surface area (Å²) in [5, 5.41) is 0. The quantitative estimate of drug-likeness (QED) is 0.797. The number of thiophene rings is 1. The molecule has 0 spiro atoms. The molecule has 0 fully saturated rings. The second-order valence-electron chi connectivity index (χ2n) is 6.02. The van der Waals surface area contributed by atoms with Crippen molar-refractivity contribution >= 4 is 23.1 Å². The van der Waals surface area contributed by atoms with Crippen LogP contribution in [-0.2, 0) is 22.4 Å². The van der Waals surface area contributed by atoms with Crippen LogP contribution >= 0.6 is 11.3 Å². The fourth-order valence-corrected chi connectivity index (χ4v) is 3.16. The number of carbonyl (C=O) groups excluding carboxylic acids is 2. The molecule has 0 saturated heterocycles. The van der Waals surface area contributed by atoms with Crippen LogP contribution in [0.5, 0.6) is 0 Å². The smallest absolute Gasteiger partial charge is 0.348 e. The van der Waals surface area contributed by atoms with Gasteiger partial charge in [-0.3, -0.25) is 4.79 Å². The third-order valence-corrected chi connectivity index (χ3v) is 4.59. The molecule has 0 atom stereocenters. The molecule has 2 rings (SSSR count). The van der Waals surface area contributed by atoms with Crippen molar-refractivity contribution in [3.05, 3.63) is 21.4 Å². The molecule has 104 valence electrons. The zero-order chi connectivity index (χ0) is 14.0. The number of hydrogen-bond acceptors (Lipinski definition) is 4. The second-order valence-corrected chi connectivity index (χ2v) is 7.15. The first-order valence-electron chi connectivity index (χ1n) is 6.70. The number of ketones is 1. The van der Waals surface area contributed by atoms with E-state index in [1.165, 1.54) is 34.6 Å². The van der Waals surface area contributed by atoms with Gasteiger partial charge in [-0.05, 0) is 37.3 Å². The molecule has 1 aromatic rings. The van der Waals surface area contributed by atoms with Crippen molar-refractivity contribution in [3.63, 3.8) is 0 Å².